The topological polar surface area (TPSA) is 89.4 Å². The molecule has 17 heavy (non-hydrogen) atoms. The SMILES string of the molecule is CCC(=O)N(CC(N)=O)Cc1cccc(N)c1. The Morgan fingerprint density at radius 3 is 2.59 bits per heavy atom. The number of rotatable bonds is 5. The van der Waals surface area contributed by atoms with Crippen LogP contribution in [0.4, 0.5) is 5.69 Å². The van der Waals surface area contributed by atoms with Gasteiger partial charge in [0.2, 0.25) is 11.8 Å². The smallest absolute Gasteiger partial charge is 0.237 e. The highest BCUT2D eigenvalue weighted by Gasteiger charge is 2.14. The Hall–Kier alpha value is -2.04. The van der Waals surface area contributed by atoms with Crippen molar-refractivity contribution in [1.82, 2.24) is 4.90 Å². The van der Waals surface area contributed by atoms with E-state index in [4.69, 9.17) is 11.5 Å². The molecule has 0 aliphatic heterocycles. The summed E-state index contributed by atoms with van der Waals surface area (Å²) >= 11 is 0. The molecule has 0 unspecified atom stereocenters. The summed E-state index contributed by atoms with van der Waals surface area (Å²) in [4.78, 5) is 23.9. The highest BCUT2D eigenvalue weighted by Crippen LogP contribution is 2.10. The molecule has 0 radical (unpaired) electrons. The number of benzene rings is 1. The third kappa shape index (κ3) is 4.14. The molecule has 0 aliphatic carbocycles. The number of nitrogen functional groups attached to an aromatic ring is 1. The second-order valence-corrected chi connectivity index (χ2v) is 3.81. The van der Waals surface area contributed by atoms with Crippen molar-refractivity contribution in [3.8, 4) is 0 Å². The number of nitrogens with zero attached hydrogens (tertiary/aromatic N) is 1. The van der Waals surface area contributed by atoms with Gasteiger partial charge in [0.15, 0.2) is 0 Å². The van der Waals surface area contributed by atoms with Gasteiger partial charge in [0.25, 0.3) is 0 Å². The van der Waals surface area contributed by atoms with Crippen molar-refractivity contribution in [2.45, 2.75) is 19.9 Å². The first kappa shape index (κ1) is 13.0. The Balaban J connectivity index is 2.78. The molecule has 92 valence electrons. The van der Waals surface area contributed by atoms with Crippen molar-refractivity contribution in [2.75, 3.05) is 12.3 Å². The first-order chi connectivity index (χ1) is 8.02. The Kier molecular flexibility index (Phi) is 4.51. The van der Waals surface area contributed by atoms with E-state index in [0.717, 1.165) is 5.56 Å². The third-order valence-electron chi connectivity index (χ3n) is 2.33. The molecular weight excluding hydrogens is 218 g/mol. The minimum atomic E-state index is -0.518. The van der Waals surface area contributed by atoms with Gasteiger partial charge in [-0.05, 0) is 17.7 Å². The fourth-order valence-corrected chi connectivity index (χ4v) is 1.56. The van der Waals surface area contributed by atoms with Crippen LogP contribution in [0.5, 0.6) is 0 Å². The number of anilines is 1. The molecule has 0 spiro atoms. The van der Waals surface area contributed by atoms with Gasteiger partial charge >= 0.3 is 0 Å². The summed E-state index contributed by atoms with van der Waals surface area (Å²) < 4.78 is 0. The van der Waals surface area contributed by atoms with Gasteiger partial charge in [0, 0.05) is 18.7 Å². The fourth-order valence-electron chi connectivity index (χ4n) is 1.56. The molecule has 5 nitrogen and oxygen atoms in total. The molecule has 0 saturated heterocycles. The van der Waals surface area contributed by atoms with Crippen molar-refractivity contribution in [2.24, 2.45) is 5.73 Å². The summed E-state index contributed by atoms with van der Waals surface area (Å²) in [6, 6.07) is 7.21. The van der Waals surface area contributed by atoms with E-state index in [1.807, 2.05) is 12.1 Å². The molecule has 0 heterocycles. The number of hydrogen-bond acceptors (Lipinski definition) is 3. The Labute approximate surface area is 100 Å². The summed E-state index contributed by atoms with van der Waals surface area (Å²) in [7, 11) is 0. The Morgan fingerprint density at radius 1 is 1.35 bits per heavy atom. The second kappa shape index (κ2) is 5.89. The molecule has 1 aromatic rings. The van der Waals surface area contributed by atoms with E-state index in [1.165, 1.54) is 4.90 Å². The van der Waals surface area contributed by atoms with Crippen LogP contribution in [0.3, 0.4) is 0 Å². The lowest BCUT2D eigenvalue weighted by Gasteiger charge is -2.20. The number of hydrogen-bond donors (Lipinski definition) is 2. The van der Waals surface area contributed by atoms with E-state index in [-0.39, 0.29) is 12.5 Å². The van der Waals surface area contributed by atoms with Crippen molar-refractivity contribution >= 4 is 17.5 Å². The first-order valence-corrected chi connectivity index (χ1v) is 5.43. The third-order valence-corrected chi connectivity index (χ3v) is 2.33. The molecule has 5 heteroatoms. The van der Waals surface area contributed by atoms with Gasteiger partial charge in [0.05, 0.1) is 6.54 Å². The molecule has 1 aromatic carbocycles. The van der Waals surface area contributed by atoms with Crippen molar-refractivity contribution in [3.05, 3.63) is 29.8 Å². The maximum absolute atomic E-state index is 11.6. The van der Waals surface area contributed by atoms with Crippen LogP contribution in [-0.4, -0.2) is 23.3 Å². The zero-order valence-electron chi connectivity index (χ0n) is 9.85. The maximum Gasteiger partial charge on any atom is 0.237 e. The van der Waals surface area contributed by atoms with Crippen LogP contribution in [0.25, 0.3) is 0 Å². The van der Waals surface area contributed by atoms with E-state index < -0.39 is 5.91 Å². The van der Waals surface area contributed by atoms with E-state index in [2.05, 4.69) is 0 Å². The average Bonchev–Trinajstić information content (AvgIpc) is 2.26. The molecule has 0 bridgehead atoms. The van der Waals surface area contributed by atoms with Crippen molar-refractivity contribution in [3.63, 3.8) is 0 Å². The van der Waals surface area contributed by atoms with E-state index >= 15 is 0 Å². The molecule has 0 aliphatic rings. The highest BCUT2D eigenvalue weighted by molar-refractivity contribution is 5.83. The lowest BCUT2D eigenvalue weighted by atomic mass is 10.2. The van der Waals surface area contributed by atoms with Gasteiger partial charge in [-0.1, -0.05) is 19.1 Å². The largest absolute Gasteiger partial charge is 0.399 e. The van der Waals surface area contributed by atoms with Crippen LogP contribution in [0.2, 0.25) is 0 Å². The van der Waals surface area contributed by atoms with Crippen molar-refractivity contribution < 1.29 is 9.59 Å². The van der Waals surface area contributed by atoms with Crippen molar-refractivity contribution in [1.29, 1.82) is 0 Å². The fraction of sp³-hybridized carbons (Fsp3) is 0.333. The van der Waals surface area contributed by atoms with Crippen LogP contribution >= 0.6 is 0 Å². The molecule has 4 N–H and O–H groups in total. The monoisotopic (exact) mass is 235 g/mol. The van der Waals surface area contributed by atoms with Gasteiger partial charge < -0.3 is 16.4 Å². The van der Waals surface area contributed by atoms with Gasteiger partial charge in [-0.15, -0.1) is 0 Å². The van der Waals surface area contributed by atoms with Crippen LogP contribution in [-0.2, 0) is 16.1 Å². The molecular formula is C12H17N3O2. The average molecular weight is 235 g/mol. The van der Waals surface area contributed by atoms with E-state index in [9.17, 15) is 9.59 Å². The highest BCUT2D eigenvalue weighted by atomic mass is 16.2. The zero-order chi connectivity index (χ0) is 12.8. The summed E-state index contributed by atoms with van der Waals surface area (Å²) in [5.41, 5.74) is 12.3. The second-order valence-electron chi connectivity index (χ2n) is 3.81. The minimum Gasteiger partial charge on any atom is -0.399 e. The summed E-state index contributed by atoms with van der Waals surface area (Å²) in [6.45, 7) is 2.03. The lowest BCUT2D eigenvalue weighted by Crippen LogP contribution is -2.37. The normalized spacial score (nSPS) is 9.94. The lowest BCUT2D eigenvalue weighted by molar-refractivity contribution is -0.135. The first-order valence-electron chi connectivity index (χ1n) is 5.43. The maximum atomic E-state index is 11.6. The molecule has 1 rings (SSSR count). The van der Waals surface area contributed by atoms with Crippen LogP contribution in [0.15, 0.2) is 24.3 Å². The number of carbonyl (C=O) groups is 2. The Morgan fingerprint density at radius 2 is 2.06 bits per heavy atom. The number of nitrogens with two attached hydrogens (primary N) is 2. The van der Waals surface area contributed by atoms with Gasteiger partial charge in [0.1, 0.15) is 0 Å². The van der Waals surface area contributed by atoms with Crippen LogP contribution < -0.4 is 11.5 Å². The van der Waals surface area contributed by atoms with Gasteiger partial charge in [-0.25, -0.2) is 0 Å². The minimum absolute atomic E-state index is 0.0680. The number of carbonyl (C=O) groups excluding carboxylic acids is 2. The van der Waals surface area contributed by atoms with Crippen LogP contribution in [0.1, 0.15) is 18.9 Å². The predicted octanol–water partition coefficient (Wildman–Crippen LogP) is 0.493. The van der Waals surface area contributed by atoms with Crippen LogP contribution in [0, 0.1) is 0 Å². The molecule has 0 fully saturated rings. The quantitative estimate of drug-likeness (QED) is 0.728. The number of primary amides is 1. The molecule has 2 amide bonds. The summed E-state index contributed by atoms with van der Waals surface area (Å²) in [5, 5.41) is 0. The summed E-state index contributed by atoms with van der Waals surface area (Å²) in [5.74, 6) is -0.623. The van der Waals surface area contributed by atoms with Gasteiger partial charge in [-0.2, -0.15) is 0 Å². The summed E-state index contributed by atoms with van der Waals surface area (Å²) in [6.07, 6.45) is 0.343. The molecule has 0 atom stereocenters. The van der Waals surface area contributed by atoms with E-state index in [0.29, 0.717) is 18.7 Å². The Bertz CT molecular complexity index is 418. The predicted molar refractivity (Wildman–Crippen MR) is 65.8 cm³/mol. The standard InChI is InChI=1S/C12H17N3O2/c1-2-12(17)15(8-11(14)16)7-9-4-3-5-10(13)6-9/h3-6H,2,7-8,13H2,1H3,(H2,14,16). The number of amides is 2. The van der Waals surface area contributed by atoms with Gasteiger partial charge in [-0.3, -0.25) is 9.59 Å². The zero-order valence-corrected chi connectivity index (χ0v) is 9.85. The van der Waals surface area contributed by atoms with E-state index in [1.54, 1.807) is 19.1 Å². The molecule has 0 aromatic heterocycles. The molecule has 0 saturated carbocycles.